The van der Waals surface area contributed by atoms with Crippen LogP contribution in [0.5, 0.6) is 0 Å². The number of hydrogen-bond acceptors (Lipinski definition) is 6. The van der Waals surface area contributed by atoms with Crippen molar-refractivity contribution < 1.29 is 0 Å². The largest absolute Gasteiger partial charge is 0.368 e. The lowest BCUT2D eigenvalue weighted by molar-refractivity contribution is 0.196. The molecule has 3 N–H and O–H groups in total. The Morgan fingerprint density at radius 3 is 2.79 bits per heavy atom. The molecular formula is C13H22N6. The first-order chi connectivity index (χ1) is 9.24. The maximum atomic E-state index is 5.69. The highest BCUT2D eigenvalue weighted by molar-refractivity contribution is 5.48. The summed E-state index contributed by atoms with van der Waals surface area (Å²) in [5, 5.41) is 3.44. The number of aromatic nitrogens is 2. The molecule has 104 valence electrons. The summed E-state index contributed by atoms with van der Waals surface area (Å²) in [5.74, 6) is 1.36. The molecule has 1 atom stereocenters. The highest BCUT2D eigenvalue weighted by Gasteiger charge is 2.26. The van der Waals surface area contributed by atoms with E-state index >= 15 is 0 Å². The molecule has 1 unspecified atom stereocenters. The fourth-order valence-corrected chi connectivity index (χ4v) is 3.02. The van der Waals surface area contributed by atoms with Crippen molar-refractivity contribution in [3.05, 3.63) is 11.8 Å². The highest BCUT2D eigenvalue weighted by atomic mass is 15.3. The first kappa shape index (κ1) is 12.6. The third kappa shape index (κ3) is 2.64. The summed E-state index contributed by atoms with van der Waals surface area (Å²) in [4.78, 5) is 13.3. The van der Waals surface area contributed by atoms with Crippen LogP contribution in [0, 0.1) is 6.92 Å². The molecule has 0 aliphatic carbocycles. The Kier molecular flexibility index (Phi) is 3.52. The molecular weight excluding hydrogens is 240 g/mol. The molecule has 19 heavy (non-hydrogen) atoms. The van der Waals surface area contributed by atoms with E-state index in [2.05, 4.69) is 25.1 Å². The van der Waals surface area contributed by atoms with Crippen LogP contribution in [0.2, 0.25) is 0 Å². The lowest BCUT2D eigenvalue weighted by Gasteiger charge is -2.38. The van der Waals surface area contributed by atoms with E-state index < -0.39 is 0 Å². The topological polar surface area (TPSA) is 70.3 Å². The van der Waals surface area contributed by atoms with E-state index in [1.165, 1.54) is 6.42 Å². The van der Waals surface area contributed by atoms with Gasteiger partial charge in [0.15, 0.2) is 0 Å². The summed E-state index contributed by atoms with van der Waals surface area (Å²) in [6.07, 6.45) is 3.09. The van der Waals surface area contributed by atoms with Crippen molar-refractivity contribution in [2.75, 3.05) is 49.9 Å². The van der Waals surface area contributed by atoms with Crippen LogP contribution in [-0.4, -0.2) is 60.2 Å². The van der Waals surface area contributed by atoms with Gasteiger partial charge in [-0.1, -0.05) is 0 Å². The number of nitrogens with two attached hydrogens (primary N) is 1. The van der Waals surface area contributed by atoms with Gasteiger partial charge in [-0.05, 0) is 19.9 Å². The first-order valence-corrected chi connectivity index (χ1v) is 7.03. The SMILES string of the molecule is Cc1cnc(N)nc1N1CCN(C2CCNC2)CC1. The number of nitrogens with one attached hydrogen (secondary N) is 1. The number of nitrogens with zero attached hydrogens (tertiary/aromatic N) is 4. The van der Waals surface area contributed by atoms with Gasteiger partial charge in [-0.2, -0.15) is 4.98 Å². The molecule has 2 saturated heterocycles. The van der Waals surface area contributed by atoms with E-state index in [-0.39, 0.29) is 0 Å². The molecule has 1 aromatic heterocycles. The van der Waals surface area contributed by atoms with Gasteiger partial charge in [-0.3, -0.25) is 4.90 Å². The van der Waals surface area contributed by atoms with E-state index in [1.807, 2.05) is 13.1 Å². The summed E-state index contributed by atoms with van der Waals surface area (Å²) in [6.45, 7) is 8.60. The fraction of sp³-hybridized carbons (Fsp3) is 0.692. The van der Waals surface area contributed by atoms with Crippen molar-refractivity contribution in [2.24, 2.45) is 0 Å². The average molecular weight is 262 g/mol. The third-order valence-corrected chi connectivity index (χ3v) is 4.13. The summed E-state index contributed by atoms with van der Waals surface area (Å²) in [6, 6.07) is 0.721. The number of anilines is 2. The molecule has 0 amide bonds. The van der Waals surface area contributed by atoms with Crippen LogP contribution in [0.4, 0.5) is 11.8 Å². The smallest absolute Gasteiger partial charge is 0.221 e. The second-order valence-corrected chi connectivity index (χ2v) is 5.40. The van der Waals surface area contributed by atoms with E-state index in [0.29, 0.717) is 5.95 Å². The van der Waals surface area contributed by atoms with Gasteiger partial charge in [0.2, 0.25) is 5.95 Å². The molecule has 2 fully saturated rings. The minimum absolute atomic E-state index is 0.364. The Bertz CT molecular complexity index is 435. The van der Waals surface area contributed by atoms with Gasteiger partial charge in [-0.25, -0.2) is 4.98 Å². The van der Waals surface area contributed by atoms with Gasteiger partial charge >= 0.3 is 0 Å². The Hall–Kier alpha value is -1.40. The Morgan fingerprint density at radius 2 is 2.11 bits per heavy atom. The third-order valence-electron chi connectivity index (χ3n) is 4.13. The van der Waals surface area contributed by atoms with Gasteiger partial charge in [0, 0.05) is 50.5 Å². The molecule has 2 aliphatic rings. The predicted molar refractivity (Wildman–Crippen MR) is 76.2 cm³/mol. The predicted octanol–water partition coefficient (Wildman–Crippen LogP) is -0.149. The van der Waals surface area contributed by atoms with Crippen LogP contribution < -0.4 is 16.0 Å². The van der Waals surface area contributed by atoms with E-state index in [9.17, 15) is 0 Å². The zero-order valence-electron chi connectivity index (χ0n) is 11.5. The molecule has 2 aliphatic heterocycles. The van der Waals surface area contributed by atoms with Gasteiger partial charge in [0.25, 0.3) is 0 Å². The van der Waals surface area contributed by atoms with E-state index in [4.69, 9.17) is 5.73 Å². The van der Waals surface area contributed by atoms with Crippen LogP contribution in [0.1, 0.15) is 12.0 Å². The van der Waals surface area contributed by atoms with Crippen molar-refractivity contribution in [2.45, 2.75) is 19.4 Å². The molecule has 3 rings (SSSR count). The second kappa shape index (κ2) is 5.30. The molecule has 0 aromatic carbocycles. The second-order valence-electron chi connectivity index (χ2n) is 5.40. The van der Waals surface area contributed by atoms with Crippen LogP contribution in [0.3, 0.4) is 0 Å². The summed E-state index contributed by atoms with van der Waals surface area (Å²) >= 11 is 0. The maximum Gasteiger partial charge on any atom is 0.221 e. The zero-order valence-corrected chi connectivity index (χ0v) is 11.5. The number of aryl methyl sites for hydroxylation is 1. The highest BCUT2D eigenvalue weighted by Crippen LogP contribution is 2.20. The van der Waals surface area contributed by atoms with Crippen molar-refractivity contribution in [3.8, 4) is 0 Å². The maximum absolute atomic E-state index is 5.69. The summed E-state index contributed by atoms with van der Waals surface area (Å²) in [7, 11) is 0. The van der Waals surface area contributed by atoms with Crippen molar-refractivity contribution >= 4 is 11.8 Å². The minimum Gasteiger partial charge on any atom is -0.368 e. The number of hydrogen-bond donors (Lipinski definition) is 2. The lowest BCUT2D eigenvalue weighted by atomic mass is 10.2. The molecule has 0 radical (unpaired) electrons. The minimum atomic E-state index is 0.364. The van der Waals surface area contributed by atoms with Gasteiger partial charge in [0.05, 0.1) is 0 Å². The number of piperazine rings is 1. The standard InChI is InChI=1S/C13H22N6/c1-10-8-16-13(14)17-12(10)19-6-4-18(5-7-19)11-2-3-15-9-11/h8,11,15H,2-7,9H2,1H3,(H2,14,16,17). The lowest BCUT2D eigenvalue weighted by Crippen LogP contribution is -2.51. The molecule has 6 nitrogen and oxygen atoms in total. The van der Waals surface area contributed by atoms with E-state index in [0.717, 1.165) is 56.7 Å². The van der Waals surface area contributed by atoms with Crippen molar-refractivity contribution in [1.29, 1.82) is 0 Å². The molecule has 3 heterocycles. The monoisotopic (exact) mass is 262 g/mol. The van der Waals surface area contributed by atoms with E-state index in [1.54, 1.807) is 0 Å². The van der Waals surface area contributed by atoms with Crippen LogP contribution >= 0.6 is 0 Å². The van der Waals surface area contributed by atoms with Gasteiger partial charge < -0.3 is 16.0 Å². The van der Waals surface area contributed by atoms with Gasteiger partial charge in [-0.15, -0.1) is 0 Å². The Morgan fingerprint density at radius 1 is 1.32 bits per heavy atom. The molecule has 6 heteroatoms. The fourth-order valence-electron chi connectivity index (χ4n) is 3.02. The van der Waals surface area contributed by atoms with Crippen LogP contribution in [-0.2, 0) is 0 Å². The van der Waals surface area contributed by atoms with Crippen molar-refractivity contribution in [3.63, 3.8) is 0 Å². The van der Waals surface area contributed by atoms with Gasteiger partial charge in [0.1, 0.15) is 5.82 Å². The normalized spacial score (nSPS) is 24.9. The molecule has 0 spiro atoms. The molecule has 0 saturated carbocycles. The zero-order chi connectivity index (χ0) is 13.2. The number of rotatable bonds is 2. The molecule has 0 bridgehead atoms. The average Bonchev–Trinajstić information content (AvgIpc) is 2.96. The van der Waals surface area contributed by atoms with Crippen LogP contribution in [0.25, 0.3) is 0 Å². The quantitative estimate of drug-likeness (QED) is 0.772. The summed E-state index contributed by atoms with van der Waals surface area (Å²) in [5.41, 5.74) is 6.80. The first-order valence-electron chi connectivity index (χ1n) is 7.03. The Labute approximate surface area is 114 Å². The summed E-state index contributed by atoms with van der Waals surface area (Å²) < 4.78 is 0. The van der Waals surface area contributed by atoms with Crippen LogP contribution in [0.15, 0.2) is 6.20 Å². The number of nitrogen functional groups attached to an aromatic ring is 1. The molecule has 1 aromatic rings. The van der Waals surface area contributed by atoms with Crippen molar-refractivity contribution in [1.82, 2.24) is 20.2 Å². The Balaban J connectivity index is 1.64.